The number of halogens is 1. The number of hydrogen-bond donors (Lipinski definition) is 1. The van der Waals surface area contributed by atoms with Crippen LogP contribution in [0.15, 0.2) is 18.3 Å². The molecule has 1 aromatic rings. The summed E-state index contributed by atoms with van der Waals surface area (Å²) in [5.41, 5.74) is 2.40. The summed E-state index contributed by atoms with van der Waals surface area (Å²) in [7, 11) is 0. The molecule has 0 unspecified atom stereocenters. The number of ether oxygens (including phenoxy) is 1. The maximum Gasteiger partial charge on any atom is 0.0466 e. The van der Waals surface area contributed by atoms with Crippen LogP contribution in [0, 0.1) is 6.92 Å². The summed E-state index contributed by atoms with van der Waals surface area (Å²) in [6.45, 7) is 7.73. The maximum atomic E-state index is 5.28. The lowest BCUT2D eigenvalue weighted by Gasteiger charge is -2.06. The molecule has 98 valence electrons. The van der Waals surface area contributed by atoms with E-state index in [1.54, 1.807) is 0 Å². The molecule has 1 heterocycles. The predicted molar refractivity (Wildman–Crippen MR) is 73.7 cm³/mol. The summed E-state index contributed by atoms with van der Waals surface area (Å²) in [6, 6.07) is 4.11. The molecule has 0 aliphatic carbocycles. The van der Waals surface area contributed by atoms with Crippen LogP contribution in [-0.2, 0) is 11.3 Å². The first-order valence-electron chi connectivity index (χ1n) is 6.03. The molecule has 3 nitrogen and oxygen atoms in total. The van der Waals surface area contributed by atoms with Crippen LogP contribution in [0.25, 0.3) is 0 Å². The van der Waals surface area contributed by atoms with E-state index in [-0.39, 0.29) is 12.4 Å². The van der Waals surface area contributed by atoms with Crippen LogP contribution in [0.4, 0.5) is 0 Å². The van der Waals surface area contributed by atoms with Gasteiger partial charge in [-0.2, -0.15) is 0 Å². The zero-order chi connectivity index (χ0) is 11.6. The first-order chi connectivity index (χ1) is 7.84. The van der Waals surface area contributed by atoms with Crippen LogP contribution in [0.5, 0.6) is 0 Å². The zero-order valence-corrected chi connectivity index (χ0v) is 11.6. The minimum atomic E-state index is 0. The highest BCUT2D eigenvalue weighted by Gasteiger charge is 1.96. The molecule has 0 amide bonds. The van der Waals surface area contributed by atoms with Crippen molar-refractivity contribution in [2.75, 3.05) is 19.8 Å². The fraction of sp³-hybridized carbons (Fsp3) is 0.615. The van der Waals surface area contributed by atoms with Crippen molar-refractivity contribution in [3.63, 3.8) is 0 Å². The van der Waals surface area contributed by atoms with E-state index in [2.05, 4.69) is 16.4 Å². The molecule has 1 rings (SSSR count). The van der Waals surface area contributed by atoms with Gasteiger partial charge in [-0.05, 0) is 44.9 Å². The van der Waals surface area contributed by atoms with Gasteiger partial charge in [0, 0.05) is 31.6 Å². The number of aryl methyl sites for hydroxylation is 1. The van der Waals surface area contributed by atoms with Gasteiger partial charge in [0.05, 0.1) is 0 Å². The fourth-order valence-electron chi connectivity index (χ4n) is 1.53. The molecule has 0 saturated carbocycles. The van der Waals surface area contributed by atoms with Gasteiger partial charge >= 0.3 is 0 Å². The van der Waals surface area contributed by atoms with E-state index in [1.807, 2.05) is 26.1 Å². The SMILES string of the molecule is CCOCCCCNCc1cccnc1C.Cl. The fourth-order valence-corrected chi connectivity index (χ4v) is 1.53. The molecule has 0 aliphatic rings. The van der Waals surface area contributed by atoms with Crippen molar-refractivity contribution in [1.29, 1.82) is 0 Å². The van der Waals surface area contributed by atoms with E-state index in [9.17, 15) is 0 Å². The average molecular weight is 259 g/mol. The highest BCUT2D eigenvalue weighted by Crippen LogP contribution is 2.02. The van der Waals surface area contributed by atoms with E-state index >= 15 is 0 Å². The van der Waals surface area contributed by atoms with Gasteiger partial charge in [-0.15, -0.1) is 12.4 Å². The van der Waals surface area contributed by atoms with Crippen LogP contribution >= 0.6 is 12.4 Å². The van der Waals surface area contributed by atoms with Gasteiger partial charge in [0.1, 0.15) is 0 Å². The highest BCUT2D eigenvalue weighted by molar-refractivity contribution is 5.85. The van der Waals surface area contributed by atoms with Crippen molar-refractivity contribution in [2.45, 2.75) is 33.2 Å². The topological polar surface area (TPSA) is 34.1 Å². The van der Waals surface area contributed by atoms with Gasteiger partial charge in [0.25, 0.3) is 0 Å². The monoisotopic (exact) mass is 258 g/mol. The Hall–Kier alpha value is -0.640. The third-order valence-electron chi connectivity index (χ3n) is 2.53. The number of rotatable bonds is 8. The van der Waals surface area contributed by atoms with E-state index < -0.39 is 0 Å². The zero-order valence-electron chi connectivity index (χ0n) is 10.7. The number of unbranched alkanes of at least 4 members (excludes halogenated alkanes) is 1. The van der Waals surface area contributed by atoms with Gasteiger partial charge in [-0.1, -0.05) is 6.07 Å². The van der Waals surface area contributed by atoms with Crippen LogP contribution in [0.3, 0.4) is 0 Å². The van der Waals surface area contributed by atoms with Gasteiger partial charge in [-0.3, -0.25) is 4.98 Å². The molecule has 0 fully saturated rings. The van der Waals surface area contributed by atoms with Crippen LogP contribution in [-0.4, -0.2) is 24.7 Å². The van der Waals surface area contributed by atoms with E-state index in [1.165, 1.54) is 12.0 Å². The maximum absolute atomic E-state index is 5.28. The smallest absolute Gasteiger partial charge is 0.0466 e. The molecule has 4 heteroatoms. The van der Waals surface area contributed by atoms with Crippen molar-refractivity contribution >= 4 is 12.4 Å². The Kier molecular flexibility index (Phi) is 10.1. The minimum Gasteiger partial charge on any atom is -0.382 e. The molecule has 0 saturated heterocycles. The van der Waals surface area contributed by atoms with Gasteiger partial charge < -0.3 is 10.1 Å². The quantitative estimate of drug-likeness (QED) is 0.728. The molecule has 0 spiro atoms. The summed E-state index contributed by atoms with van der Waals surface area (Å²) in [6.07, 6.45) is 4.13. The van der Waals surface area contributed by atoms with Crippen molar-refractivity contribution in [3.8, 4) is 0 Å². The summed E-state index contributed by atoms with van der Waals surface area (Å²) < 4.78 is 5.28. The first kappa shape index (κ1) is 16.4. The van der Waals surface area contributed by atoms with Crippen LogP contribution in [0.2, 0.25) is 0 Å². The van der Waals surface area contributed by atoms with E-state index in [0.29, 0.717) is 0 Å². The average Bonchev–Trinajstić information content (AvgIpc) is 2.30. The van der Waals surface area contributed by atoms with E-state index in [0.717, 1.165) is 38.4 Å². The minimum absolute atomic E-state index is 0. The standard InChI is InChI=1S/C13H22N2O.ClH/c1-3-16-10-5-4-8-14-11-13-7-6-9-15-12(13)2;/h6-7,9,14H,3-5,8,10-11H2,1-2H3;1H. The summed E-state index contributed by atoms with van der Waals surface area (Å²) in [5.74, 6) is 0. The van der Waals surface area contributed by atoms with Gasteiger partial charge in [0.2, 0.25) is 0 Å². The normalized spacial score (nSPS) is 10.0. The Morgan fingerprint density at radius 1 is 1.35 bits per heavy atom. The molecular formula is C13H23ClN2O. The van der Waals surface area contributed by atoms with Crippen LogP contribution in [0.1, 0.15) is 31.0 Å². The number of aromatic nitrogens is 1. The van der Waals surface area contributed by atoms with Crippen LogP contribution < -0.4 is 5.32 Å². The number of nitrogens with zero attached hydrogens (tertiary/aromatic N) is 1. The number of pyridine rings is 1. The van der Waals surface area contributed by atoms with E-state index in [4.69, 9.17) is 4.74 Å². The molecule has 17 heavy (non-hydrogen) atoms. The Bertz CT molecular complexity index is 295. The molecule has 0 atom stereocenters. The summed E-state index contributed by atoms with van der Waals surface area (Å²) in [5, 5.41) is 3.42. The van der Waals surface area contributed by atoms with Gasteiger partial charge in [0.15, 0.2) is 0 Å². The molecule has 0 aromatic carbocycles. The molecule has 0 aliphatic heterocycles. The second kappa shape index (κ2) is 10.5. The van der Waals surface area contributed by atoms with Crippen molar-refractivity contribution in [2.24, 2.45) is 0 Å². The summed E-state index contributed by atoms with van der Waals surface area (Å²) in [4.78, 5) is 4.26. The molecular weight excluding hydrogens is 236 g/mol. The Morgan fingerprint density at radius 2 is 2.18 bits per heavy atom. The number of hydrogen-bond acceptors (Lipinski definition) is 3. The second-order valence-electron chi connectivity index (χ2n) is 3.83. The Balaban J connectivity index is 0.00000256. The first-order valence-corrected chi connectivity index (χ1v) is 6.03. The lowest BCUT2D eigenvalue weighted by atomic mass is 10.2. The molecule has 0 radical (unpaired) electrons. The third-order valence-corrected chi connectivity index (χ3v) is 2.53. The molecule has 1 aromatic heterocycles. The predicted octanol–water partition coefficient (Wildman–Crippen LogP) is 2.72. The second-order valence-corrected chi connectivity index (χ2v) is 3.83. The third kappa shape index (κ3) is 7.31. The molecule has 0 bridgehead atoms. The largest absolute Gasteiger partial charge is 0.382 e. The van der Waals surface area contributed by atoms with Crippen molar-refractivity contribution < 1.29 is 4.74 Å². The highest BCUT2D eigenvalue weighted by atomic mass is 35.5. The lowest BCUT2D eigenvalue weighted by Crippen LogP contribution is -2.16. The Morgan fingerprint density at radius 3 is 2.88 bits per heavy atom. The Labute approximate surface area is 110 Å². The molecule has 1 N–H and O–H groups in total. The summed E-state index contributed by atoms with van der Waals surface area (Å²) >= 11 is 0. The van der Waals surface area contributed by atoms with Gasteiger partial charge in [-0.25, -0.2) is 0 Å². The number of nitrogens with one attached hydrogen (secondary N) is 1. The van der Waals surface area contributed by atoms with Crippen molar-refractivity contribution in [3.05, 3.63) is 29.6 Å². The van der Waals surface area contributed by atoms with Crippen molar-refractivity contribution in [1.82, 2.24) is 10.3 Å². The lowest BCUT2D eigenvalue weighted by molar-refractivity contribution is 0.143.